The molecule has 2 aliphatic rings. The number of fused-ring (bicyclic) bond motifs is 1. The minimum absolute atomic E-state index is 0.0226. The van der Waals surface area contributed by atoms with Crippen LogP contribution >= 0.6 is 11.3 Å². The van der Waals surface area contributed by atoms with Gasteiger partial charge in [-0.05, 0) is 57.1 Å². The standard InChI is InChI=1S/C18H25N3O2S/c1-12(22)13-6-8-21(11-13)9-7-17(23)20-18-15(10-19)14-4-2-3-5-16(14)24-18/h12-13,22H,2-9,11H2,1H3,(H,20,23). The molecule has 1 amide bonds. The minimum atomic E-state index is -0.278. The first-order valence-corrected chi connectivity index (χ1v) is 9.65. The van der Waals surface area contributed by atoms with Crippen LogP contribution in [0.2, 0.25) is 0 Å². The first kappa shape index (κ1) is 17.4. The number of rotatable bonds is 5. The fraction of sp³-hybridized carbons (Fsp3) is 0.667. The molecule has 6 heteroatoms. The normalized spacial score (nSPS) is 22.0. The summed E-state index contributed by atoms with van der Waals surface area (Å²) in [6.45, 7) is 4.35. The van der Waals surface area contributed by atoms with Crippen LogP contribution < -0.4 is 5.32 Å². The summed E-state index contributed by atoms with van der Waals surface area (Å²) in [4.78, 5) is 15.8. The zero-order valence-corrected chi connectivity index (χ0v) is 15.0. The lowest BCUT2D eigenvalue weighted by atomic mass is 9.96. The second-order valence-corrected chi connectivity index (χ2v) is 8.02. The number of nitrogens with zero attached hydrogens (tertiary/aromatic N) is 2. The SMILES string of the molecule is CC(O)C1CCN(CCC(=O)Nc2sc3c(c2C#N)CCCC3)C1. The number of carbonyl (C=O) groups excluding carboxylic acids is 1. The molecule has 5 nitrogen and oxygen atoms in total. The van der Waals surface area contributed by atoms with Gasteiger partial charge < -0.3 is 15.3 Å². The van der Waals surface area contributed by atoms with Crippen LogP contribution in [-0.4, -0.2) is 41.7 Å². The minimum Gasteiger partial charge on any atom is -0.393 e. The van der Waals surface area contributed by atoms with E-state index in [1.165, 1.54) is 11.3 Å². The topological polar surface area (TPSA) is 76.4 Å². The third-order valence-corrected chi connectivity index (χ3v) is 6.39. The van der Waals surface area contributed by atoms with E-state index in [2.05, 4.69) is 16.3 Å². The summed E-state index contributed by atoms with van der Waals surface area (Å²) in [6.07, 6.45) is 5.43. The van der Waals surface area contributed by atoms with E-state index < -0.39 is 0 Å². The molecule has 1 saturated heterocycles. The Hall–Kier alpha value is -1.42. The van der Waals surface area contributed by atoms with E-state index in [1.807, 2.05) is 6.92 Å². The van der Waals surface area contributed by atoms with Gasteiger partial charge in [0.15, 0.2) is 0 Å². The van der Waals surface area contributed by atoms with Crippen molar-refractivity contribution in [2.45, 2.75) is 51.6 Å². The van der Waals surface area contributed by atoms with Crippen LogP contribution in [0.5, 0.6) is 0 Å². The summed E-state index contributed by atoms with van der Waals surface area (Å²) in [5.74, 6) is 0.299. The number of amides is 1. The molecule has 3 rings (SSSR count). The van der Waals surface area contributed by atoms with Crippen LogP contribution in [0.15, 0.2) is 0 Å². The lowest BCUT2D eigenvalue weighted by molar-refractivity contribution is -0.116. The average molecular weight is 347 g/mol. The lowest BCUT2D eigenvalue weighted by Crippen LogP contribution is -2.27. The average Bonchev–Trinajstić information content (AvgIpc) is 3.17. The van der Waals surface area contributed by atoms with Gasteiger partial charge in [-0.25, -0.2) is 0 Å². The van der Waals surface area contributed by atoms with Gasteiger partial charge in [-0.15, -0.1) is 11.3 Å². The van der Waals surface area contributed by atoms with E-state index in [0.29, 0.717) is 24.4 Å². The molecule has 2 N–H and O–H groups in total. The molecule has 0 bridgehead atoms. The molecule has 1 aliphatic heterocycles. The second-order valence-electron chi connectivity index (χ2n) is 6.91. The second kappa shape index (κ2) is 7.64. The number of nitrogens with one attached hydrogen (secondary N) is 1. The van der Waals surface area contributed by atoms with Gasteiger partial charge in [0.2, 0.25) is 5.91 Å². The highest BCUT2D eigenvalue weighted by Gasteiger charge is 2.26. The van der Waals surface area contributed by atoms with Crippen molar-refractivity contribution in [3.05, 3.63) is 16.0 Å². The molecule has 1 aliphatic carbocycles. The van der Waals surface area contributed by atoms with E-state index in [1.54, 1.807) is 11.3 Å². The molecule has 1 aromatic heterocycles. The molecule has 2 unspecified atom stereocenters. The highest BCUT2D eigenvalue weighted by Crippen LogP contribution is 2.37. The van der Waals surface area contributed by atoms with Crippen LogP contribution in [0.3, 0.4) is 0 Å². The Labute approximate surface area is 147 Å². The number of aryl methyl sites for hydroxylation is 1. The quantitative estimate of drug-likeness (QED) is 0.858. The summed E-state index contributed by atoms with van der Waals surface area (Å²) in [7, 11) is 0. The van der Waals surface area contributed by atoms with Gasteiger partial charge in [0, 0.05) is 24.4 Å². The number of hydrogen-bond acceptors (Lipinski definition) is 5. The maximum absolute atomic E-state index is 12.3. The molecule has 130 valence electrons. The van der Waals surface area contributed by atoms with Crippen LogP contribution in [0.25, 0.3) is 0 Å². The van der Waals surface area contributed by atoms with Gasteiger partial charge in [0.1, 0.15) is 11.1 Å². The number of carbonyl (C=O) groups is 1. The molecule has 0 spiro atoms. The van der Waals surface area contributed by atoms with Gasteiger partial charge in [0.05, 0.1) is 11.7 Å². The van der Waals surface area contributed by atoms with Gasteiger partial charge >= 0.3 is 0 Å². The predicted octanol–water partition coefficient (Wildman–Crippen LogP) is 2.53. The van der Waals surface area contributed by atoms with Crippen molar-refractivity contribution in [1.82, 2.24) is 4.90 Å². The molecule has 2 atom stereocenters. The largest absolute Gasteiger partial charge is 0.393 e. The van der Waals surface area contributed by atoms with E-state index in [4.69, 9.17) is 0 Å². The van der Waals surface area contributed by atoms with Crippen molar-refractivity contribution in [1.29, 1.82) is 5.26 Å². The van der Waals surface area contributed by atoms with Crippen LogP contribution in [0, 0.1) is 17.2 Å². The van der Waals surface area contributed by atoms with E-state index in [9.17, 15) is 15.2 Å². The Balaban J connectivity index is 1.54. The number of hydrogen-bond donors (Lipinski definition) is 2. The molecule has 0 radical (unpaired) electrons. The fourth-order valence-electron chi connectivity index (χ4n) is 3.68. The first-order valence-electron chi connectivity index (χ1n) is 8.83. The first-order chi connectivity index (χ1) is 11.6. The third-order valence-electron chi connectivity index (χ3n) is 5.18. The molecule has 0 aromatic carbocycles. The smallest absolute Gasteiger partial charge is 0.226 e. The number of thiophene rings is 1. The van der Waals surface area contributed by atoms with Crippen LogP contribution in [-0.2, 0) is 17.6 Å². The highest BCUT2D eigenvalue weighted by molar-refractivity contribution is 7.16. The number of likely N-dealkylation sites (tertiary alicyclic amines) is 1. The van der Waals surface area contributed by atoms with Crippen LogP contribution in [0.4, 0.5) is 5.00 Å². The molecule has 1 fully saturated rings. The zero-order valence-electron chi connectivity index (χ0n) is 14.2. The summed E-state index contributed by atoms with van der Waals surface area (Å²) < 4.78 is 0. The summed E-state index contributed by atoms with van der Waals surface area (Å²) in [5.41, 5.74) is 1.83. The number of aliphatic hydroxyl groups is 1. The number of nitriles is 1. The third kappa shape index (κ3) is 3.80. The van der Waals surface area contributed by atoms with Crippen LogP contribution in [0.1, 0.15) is 48.6 Å². The Kier molecular flexibility index (Phi) is 5.54. The maximum atomic E-state index is 12.3. The summed E-state index contributed by atoms with van der Waals surface area (Å²) in [6, 6.07) is 2.28. The van der Waals surface area contributed by atoms with Gasteiger partial charge in [-0.1, -0.05) is 0 Å². The van der Waals surface area contributed by atoms with Crippen molar-refractivity contribution >= 4 is 22.2 Å². The Morgan fingerprint density at radius 3 is 3.00 bits per heavy atom. The Bertz CT molecular complexity index is 647. The number of anilines is 1. The monoisotopic (exact) mass is 347 g/mol. The van der Waals surface area contributed by atoms with E-state index in [0.717, 1.165) is 49.3 Å². The van der Waals surface area contributed by atoms with Crippen molar-refractivity contribution in [2.75, 3.05) is 25.0 Å². The highest BCUT2D eigenvalue weighted by atomic mass is 32.1. The van der Waals surface area contributed by atoms with Crippen molar-refractivity contribution in [3.63, 3.8) is 0 Å². The predicted molar refractivity (Wildman–Crippen MR) is 95.2 cm³/mol. The zero-order chi connectivity index (χ0) is 17.1. The molecule has 1 aromatic rings. The molecule has 24 heavy (non-hydrogen) atoms. The van der Waals surface area contributed by atoms with Gasteiger partial charge in [-0.3, -0.25) is 4.79 Å². The van der Waals surface area contributed by atoms with Crippen molar-refractivity contribution in [3.8, 4) is 6.07 Å². The van der Waals surface area contributed by atoms with Crippen molar-refractivity contribution in [2.24, 2.45) is 5.92 Å². The maximum Gasteiger partial charge on any atom is 0.226 e. The summed E-state index contributed by atoms with van der Waals surface area (Å²) in [5, 5.41) is 22.8. The van der Waals surface area contributed by atoms with Gasteiger partial charge in [-0.2, -0.15) is 5.26 Å². The lowest BCUT2D eigenvalue weighted by Gasteiger charge is -2.16. The van der Waals surface area contributed by atoms with Gasteiger partial charge in [0.25, 0.3) is 0 Å². The number of aliphatic hydroxyl groups excluding tert-OH is 1. The van der Waals surface area contributed by atoms with Crippen molar-refractivity contribution < 1.29 is 9.90 Å². The molecule has 0 saturated carbocycles. The van der Waals surface area contributed by atoms with E-state index >= 15 is 0 Å². The summed E-state index contributed by atoms with van der Waals surface area (Å²) >= 11 is 1.58. The Morgan fingerprint density at radius 1 is 1.50 bits per heavy atom. The molecule has 2 heterocycles. The Morgan fingerprint density at radius 2 is 2.29 bits per heavy atom. The molecular weight excluding hydrogens is 322 g/mol. The molecular formula is C18H25N3O2S. The van der Waals surface area contributed by atoms with E-state index in [-0.39, 0.29) is 12.0 Å². The fourth-order valence-corrected chi connectivity index (χ4v) is 4.94.